The molecule has 3 aromatic rings. The lowest BCUT2D eigenvalue weighted by Crippen LogP contribution is -2.41. The number of hydrogen-bond acceptors (Lipinski definition) is 5. The van der Waals surface area contributed by atoms with Gasteiger partial charge in [-0.1, -0.05) is 35.9 Å². The minimum absolute atomic E-state index is 0.207. The predicted octanol–water partition coefficient (Wildman–Crippen LogP) is 6.12. The lowest BCUT2D eigenvalue weighted by Gasteiger charge is -2.36. The van der Waals surface area contributed by atoms with Crippen LogP contribution >= 0.6 is 11.6 Å². The molecule has 0 radical (unpaired) electrons. The summed E-state index contributed by atoms with van der Waals surface area (Å²) >= 11 is 6.12. The average Bonchev–Trinajstić information content (AvgIpc) is 3.36. The summed E-state index contributed by atoms with van der Waals surface area (Å²) in [6.07, 6.45) is 5.35. The van der Waals surface area contributed by atoms with Crippen LogP contribution in [0.1, 0.15) is 49.2 Å². The number of rotatable bonds is 3. The molecule has 0 saturated carbocycles. The van der Waals surface area contributed by atoms with Crippen molar-refractivity contribution in [2.75, 3.05) is 17.2 Å². The van der Waals surface area contributed by atoms with Gasteiger partial charge in [0.15, 0.2) is 0 Å². The molecule has 5 rings (SSSR count). The van der Waals surface area contributed by atoms with Gasteiger partial charge < -0.3 is 20.1 Å². The van der Waals surface area contributed by atoms with Gasteiger partial charge in [-0.25, -0.2) is 14.6 Å². The van der Waals surface area contributed by atoms with E-state index < -0.39 is 18.2 Å². The summed E-state index contributed by atoms with van der Waals surface area (Å²) in [5.74, 6) is 0.369. The van der Waals surface area contributed by atoms with Crippen molar-refractivity contribution in [3.63, 3.8) is 0 Å². The van der Waals surface area contributed by atoms with Crippen LogP contribution in [0.3, 0.4) is 0 Å². The summed E-state index contributed by atoms with van der Waals surface area (Å²) in [5.41, 5.74) is 2.77. The number of fused-ring (bicyclic) bond motifs is 4. The van der Waals surface area contributed by atoms with Gasteiger partial charge in [-0.3, -0.25) is 15.0 Å². The van der Waals surface area contributed by atoms with Crippen molar-refractivity contribution >= 4 is 41.1 Å². The normalized spacial score (nSPS) is 20.6. The van der Waals surface area contributed by atoms with Crippen LogP contribution in [-0.4, -0.2) is 44.6 Å². The Labute approximate surface area is 223 Å². The van der Waals surface area contributed by atoms with Crippen LogP contribution in [0.4, 0.5) is 21.0 Å². The number of allylic oxidation sites excluding steroid dienone is 1. The molecule has 2 atom stereocenters. The van der Waals surface area contributed by atoms with Crippen molar-refractivity contribution in [3.8, 4) is 11.3 Å². The summed E-state index contributed by atoms with van der Waals surface area (Å²) in [4.78, 5) is 46.5. The Kier molecular flexibility index (Phi) is 7.32. The number of carboxylic acid groups (broad SMARTS) is 1. The summed E-state index contributed by atoms with van der Waals surface area (Å²) in [7, 11) is 0. The molecule has 3 heterocycles. The zero-order chi connectivity index (χ0) is 26.6. The standard InChI is InChI=1S/C27H26ClN5O5/c28-17-6-4-5-16(13-17)23-11-12-33(27(37)38-23)22-7-2-1-3-8-24(34)31-20-14-18(30-26(35)36)9-10-19(20)21-15-29-25(22)32-21/h1-2,4-6,9-10,13-15,22-23,30H,3,7-8,11-12H2,(H,29,32)(H,31,34)(H,35,36)/b2-1+/t22-,23+/m0/s1. The summed E-state index contributed by atoms with van der Waals surface area (Å²) in [6, 6.07) is 11.8. The molecule has 0 unspecified atom stereocenters. The largest absolute Gasteiger partial charge is 0.465 e. The van der Waals surface area contributed by atoms with Gasteiger partial charge in [0.2, 0.25) is 5.91 Å². The maximum atomic E-state index is 13.2. The Balaban J connectivity index is 1.44. The second kappa shape index (κ2) is 11.0. The number of carbonyl (C=O) groups excluding carboxylic acids is 2. The van der Waals surface area contributed by atoms with Gasteiger partial charge in [-0.2, -0.15) is 0 Å². The maximum absolute atomic E-state index is 13.2. The lowest BCUT2D eigenvalue weighted by atomic mass is 10.0. The van der Waals surface area contributed by atoms with Gasteiger partial charge in [0.1, 0.15) is 11.9 Å². The fourth-order valence-corrected chi connectivity index (χ4v) is 4.89. The Morgan fingerprint density at radius 1 is 1.18 bits per heavy atom. The van der Waals surface area contributed by atoms with Crippen LogP contribution in [0, 0.1) is 0 Å². The second-order valence-electron chi connectivity index (χ2n) is 9.08. The summed E-state index contributed by atoms with van der Waals surface area (Å²) in [5, 5.41) is 14.8. The smallest absolute Gasteiger partial charge is 0.411 e. The molecule has 0 aliphatic carbocycles. The molecule has 1 fully saturated rings. The first kappa shape index (κ1) is 25.3. The van der Waals surface area contributed by atoms with Crippen molar-refractivity contribution in [1.82, 2.24) is 14.9 Å². The minimum Gasteiger partial charge on any atom is -0.465 e. The predicted molar refractivity (Wildman–Crippen MR) is 142 cm³/mol. The number of aromatic amines is 1. The highest BCUT2D eigenvalue weighted by Gasteiger charge is 2.35. The van der Waals surface area contributed by atoms with Crippen molar-refractivity contribution in [1.29, 1.82) is 0 Å². The number of hydrogen-bond donors (Lipinski definition) is 4. The van der Waals surface area contributed by atoms with E-state index in [0.717, 1.165) is 5.56 Å². The van der Waals surface area contributed by atoms with E-state index in [1.54, 1.807) is 41.4 Å². The zero-order valence-electron chi connectivity index (χ0n) is 20.3. The number of carbonyl (C=O) groups is 3. The topological polar surface area (TPSA) is 137 Å². The molecule has 2 aliphatic rings. The lowest BCUT2D eigenvalue weighted by molar-refractivity contribution is -0.116. The van der Waals surface area contributed by atoms with Crippen LogP contribution < -0.4 is 10.6 Å². The van der Waals surface area contributed by atoms with Crippen LogP contribution in [-0.2, 0) is 9.53 Å². The van der Waals surface area contributed by atoms with Crippen LogP contribution in [0.2, 0.25) is 5.02 Å². The first-order valence-electron chi connectivity index (χ1n) is 12.2. The van der Waals surface area contributed by atoms with Crippen molar-refractivity contribution in [2.45, 2.75) is 37.8 Å². The highest BCUT2D eigenvalue weighted by molar-refractivity contribution is 6.30. The van der Waals surface area contributed by atoms with Gasteiger partial charge in [0, 0.05) is 41.9 Å². The molecule has 2 aromatic carbocycles. The molecule has 1 saturated heterocycles. The first-order valence-corrected chi connectivity index (χ1v) is 12.6. The van der Waals surface area contributed by atoms with Gasteiger partial charge in [-0.05, 0) is 48.7 Å². The van der Waals surface area contributed by atoms with Gasteiger partial charge in [-0.15, -0.1) is 0 Å². The van der Waals surface area contributed by atoms with Crippen LogP contribution in [0.5, 0.6) is 0 Å². The van der Waals surface area contributed by atoms with Crippen molar-refractivity contribution in [3.05, 3.63) is 77.2 Å². The number of amides is 3. The molecule has 2 aliphatic heterocycles. The van der Waals surface area contributed by atoms with E-state index in [1.807, 2.05) is 24.3 Å². The van der Waals surface area contributed by atoms with E-state index in [0.29, 0.717) is 59.3 Å². The van der Waals surface area contributed by atoms with Gasteiger partial charge >= 0.3 is 12.2 Å². The minimum atomic E-state index is -1.21. The number of cyclic esters (lactones) is 1. The number of nitrogens with one attached hydrogen (secondary N) is 3. The molecule has 2 bridgehead atoms. The number of imidazole rings is 1. The number of ether oxygens (including phenoxy) is 1. The van der Waals surface area contributed by atoms with Gasteiger partial charge in [0.25, 0.3) is 0 Å². The molecular formula is C27H26ClN5O5. The number of benzene rings is 2. The molecule has 1 aromatic heterocycles. The maximum Gasteiger partial charge on any atom is 0.411 e. The monoisotopic (exact) mass is 535 g/mol. The Morgan fingerprint density at radius 3 is 2.84 bits per heavy atom. The third kappa shape index (κ3) is 5.65. The number of halogens is 1. The molecule has 10 nitrogen and oxygen atoms in total. The highest BCUT2D eigenvalue weighted by Crippen LogP contribution is 2.36. The average molecular weight is 536 g/mol. The number of anilines is 2. The molecule has 4 N–H and O–H groups in total. The Morgan fingerprint density at radius 2 is 2.05 bits per heavy atom. The third-order valence-corrected chi connectivity index (χ3v) is 6.74. The molecule has 0 spiro atoms. The third-order valence-electron chi connectivity index (χ3n) is 6.50. The molecule has 3 amide bonds. The second-order valence-corrected chi connectivity index (χ2v) is 9.52. The van der Waals surface area contributed by atoms with Crippen LogP contribution in [0.15, 0.2) is 60.8 Å². The quantitative estimate of drug-likeness (QED) is 0.298. The van der Waals surface area contributed by atoms with E-state index in [-0.39, 0.29) is 18.4 Å². The van der Waals surface area contributed by atoms with E-state index in [2.05, 4.69) is 15.6 Å². The Hall–Kier alpha value is -4.31. The van der Waals surface area contributed by atoms with Crippen molar-refractivity contribution in [2.24, 2.45) is 0 Å². The van der Waals surface area contributed by atoms with Gasteiger partial charge in [0.05, 0.1) is 17.4 Å². The molecule has 11 heteroatoms. The SMILES string of the molecule is O=C(O)Nc1ccc2c(c1)NC(=O)CC/C=C/C[C@H](N1CC[C@H](c3cccc(Cl)c3)OC1=O)c1nc-2c[nH]1. The summed E-state index contributed by atoms with van der Waals surface area (Å²) in [6.45, 7) is 0.464. The first-order chi connectivity index (χ1) is 18.4. The highest BCUT2D eigenvalue weighted by atomic mass is 35.5. The van der Waals surface area contributed by atoms with E-state index in [9.17, 15) is 14.4 Å². The van der Waals surface area contributed by atoms with E-state index >= 15 is 0 Å². The molecule has 38 heavy (non-hydrogen) atoms. The van der Waals surface area contributed by atoms with E-state index in [4.69, 9.17) is 26.4 Å². The number of nitrogens with zero attached hydrogens (tertiary/aromatic N) is 2. The number of H-pyrrole nitrogens is 1. The summed E-state index contributed by atoms with van der Waals surface area (Å²) < 4.78 is 5.80. The zero-order valence-corrected chi connectivity index (χ0v) is 21.1. The number of aromatic nitrogens is 2. The van der Waals surface area contributed by atoms with E-state index in [1.165, 1.54) is 0 Å². The fraction of sp³-hybridized carbons (Fsp3) is 0.259. The molecular weight excluding hydrogens is 510 g/mol. The fourth-order valence-electron chi connectivity index (χ4n) is 4.69. The Bertz CT molecular complexity index is 1400. The van der Waals surface area contributed by atoms with Crippen molar-refractivity contribution < 1.29 is 24.2 Å². The molecule has 196 valence electrons. The van der Waals surface area contributed by atoms with Crippen LogP contribution in [0.25, 0.3) is 11.3 Å².